The first-order valence-electron chi connectivity index (χ1n) is 7.36. The van der Waals surface area contributed by atoms with Crippen LogP contribution in [0.4, 0.5) is 4.79 Å². The van der Waals surface area contributed by atoms with Gasteiger partial charge in [0.2, 0.25) is 0 Å². The summed E-state index contributed by atoms with van der Waals surface area (Å²) in [6, 6.07) is 9.01. The van der Waals surface area contributed by atoms with E-state index < -0.39 is 11.6 Å². The Morgan fingerprint density at radius 1 is 1.24 bits per heavy atom. The normalized spacial score (nSPS) is 29.4. The molecule has 1 aliphatic heterocycles. The predicted molar refractivity (Wildman–Crippen MR) is 79.8 cm³/mol. The fraction of sp³-hybridized carbons (Fsp3) is 0.438. The maximum Gasteiger partial charge on any atom is 0.346 e. The van der Waals surface area contributed by atoms with Crippen LogP contribution in [0.25, 0.3) is 0 Å². The molecule has 3 rings (SSSR count). The summed E-state index contributed by atoms with van der Waals surface area (Å²) in [5, 5.41) is 7.90. The molecule has 1 saturated carbocycles. The highest BCUT2D eigenvalue weighted by Crippen LogP contribution is 2.36. The first kappa shape index (κ1) is 13.8. The largest absolute Gasteiger partial charge is 0.346 e. The van der Waals surface area contributed by atoms with E-state index in [9.17, 15) is 9.59 Å². The summed E-state index contributed by atoms with van der Waals surface area (Å²) in [5.41, 5.74) is 0.133. The molecule has 2 aliphatic rings. The summed E-state index contributed by atoms with van der Waals surface area (Å²) >= 11 is 0. The molecule has 1 N–H and O–H groups in total. The number of carbonyl (C=O) groups excluding carboxylic acids is 2. The third-order valence-corrected chi connectivity index (χ3v) is 4.39. The lowest BCUT2D eigenvalue weighted by Crippen LogP contribution is -2.49. The molecule has 0 bridgehead atoms. The van der Waals surface area contributed by atoms with E-state index in [1.165, 1.54) is 0 Å². The van der Waals surface area contributed by atoms with Crippen molar-refractivity contribution >= 4 is 18.2 Å². The van der Waals surface area contributed by atoms with Crippen molar-refractivity contribution < 1.29 is 9.59 Å². The van der Waals surface area contributed by atoms with Gasteiger partial charge in [-0.15, -0.1) is 5.01 Å². The lowest BCUT2D eigenvalue weighted by Gasteiger charge is -2.33. The second-order valence-corrected chi connectivity index (χ2v) is 5.97. The molecule has 3 amide bonds. The number of nitrogens with one attached hydrogen (secondary N) is 1. The molecule has 0 unspecified atom stereocenters. The zero-order valence-corrected chi connectivity index (χ0v) is 12.1. The van der Waals surface area contributed by atoms with Gasteiger partial charge in [-0.3, -0.25) is 4.79 Å². The average molecular weight is 285 g/mol. The molecule has 1 saturated heterocycles. The lowest BCUT2D eigenvalue weighted by molar-refractivity contribution is -0.132. The highest BCUT2D eigenvalue weighted by molar-refractivity contribution is 6.07. The third kappa shape index (κ3) is 2.55. The molecule has 1 heterocycles. The van der Waals surface area contributed by atoms with Gasteiger partial charge in [-0.1, -0.05) is 37.3 Å². The minimum atomic E-state index is -0.725. The third-order valence-electron chi connectivity index (χ3n) is 4.39. The molecule has 0 aromatic heterocycles. The SMILES string of the molecule is CC1CCC2(CC1)NC(=O)N(/N=C\c1ccccc1)C2=O. The first-order valence-corrected chi connectivity index (χ1v) is 7.36. The van der Waals surface area contributed by atoms with Crippen molar-refractivity contribution in [2.24, 2.45) is 11.0 Å². The van der Waals surface area contributed by atoms with Gasteiger partial charge in [0.15, 0.2) is 0 Å². The fourth-order valence-electron chi connectivity index (χ4n) is 2.97. The second-order valence-electron chi connectivity index (χ2n) is 5.97. The number of carbonyl (C=O) groups is 2. The zero-order valence-electron chi connectivity index (χ0n) is 12.1. The Morgan fingerprint density at radius 2 is 1.90 bits per heavy atom. The number of urea groups is 1. The van der Waals surface area contributed by atoms with E-state index in [1.54, 1.807) is 6.21 Å². The molecule has 1 aliphatic carbocycles. The van der Waals surface area contributed by atoms with E-state index in [0.717, 1.165) is 23.4 Å². The van der Waals surface area contributed by atoms with Crippen LogP contribution in [0.5, 0.6) is 0 Å². The molecule has 110 valence electrons. The molecule has 0 atom stereocenters. The Balaban J connectivity index is 1.77. The van der Waals surface area contributed by atoms with E-state index in [4.69, 9.17) is 0 Å². The van der Waals surface area contributed by atoms with Gasteiger partial charge in [0.25, 0.3) is 5.91 Å². The van der Waals surface area contributed by atoms with Gasteiger partial charge < -0.3 is 5.32 Å². The fourth-order valence-corrected chi connectivity index (χ4v) is 2.97. The summed E-state index contributed by atoms with van der Waals surface area (Å²) < 4.78 is 0. The quantitative estimate of drug-likeness (QED) is 0.670. The van der Waals surface area contributed by atoms with Gasteiger partial charge >= 0.3 is 6.03 Å². The van der Waals surface area contributed by atoms with E-state index in [2.05, 4.69) is 17.3 Å². The number of amides is 3. The summed E-state index contributed by atoms with van der Waals surface area (Å²) in [6.45, 7) is 2.18. The van der Waals surface area contributed by atoms with Gasteiger partial charge in [0.05, 0.1) is 6.21 Å². The van der Waals surface area contributed by atoms with Crippen LogP contribution in [0.2, 0.25) is 0 Å². The van der Waals surface area contributed by atoms with Gasteiger partial charge in [0.1, 0.15) is 5.54 Å². The van der Waals surface area contributed by atoms with E-state index in [0.29, 0.717) is 18.8 Å². The summed E-state index contributed by atoms with van der Waals surface area (Å²) in [6.07, 6.45) is 4.87. The van der Waals surface area contributed by atoms with E-state index in [-0.39, 0.29) is 5.91 Å². The molecule has 1 aromatic rings. The van der Waals surface area contributed by atoms with Crippen molar-refractivity contribution in [2.75, 3.05) is 0 Å². The van der Waals surface area contributed by atoms with Crippen LogP contribution in [0, 0.1) is 5.92 Å². The van der Waals surface area contributed by atoms with Crippen molar-refractivity contribution in [1.82, 2.24) is 10.3 Å². The number of nitrogens with zero attached hydrogens (tertiary/aromatic N) is 2. The average Bonchev–Trinajstić information content (AvgIpc) is 2.73. The molecule has 5 nitrogen and oxygen atoms in total. The van der Waals surface area contributed by atoms with E-state index in [1.807, 2.05) is 30.3 Å². The van der Waals surface area contributed by atoms with Crippen molar-refractivity contribution in [1.29, 1.82) is 0 Å². The Labute approximate surface area is 124 Å². The highest BCUT2D eigenvalue weighted by atomic mass is 16.2. The molecule has 0 radical (unpaired) electrons. The number of rotatable bonds is 2. The van der Waals surface area contributed by atoms with Crippen LogP contribution in [-0.2, 0) is 4.79 Å². The molecule has 2 fully saturated rings. The van der Waals surface area contributed by atoms with Crippen LogP contribution in [0.1, 0.15) is 38.2 Å². The minimum absolute atomic E-state index is 0.216. The van der Waals surface area contributed by atoms with Crippen molar-refractivity contribution in [3.63, 3.8) is 0 Å². The summed E-state index contributed by atoms with van der Waals surface area (Å²) in [4.78, 5) is 24.6. The number of hydrogen-bond acceptors (Lipinski definition) is 3. The van der Waals surface area contributed by atoms with Gasteiger partial charge in [-0.2, -0.15) is 5.10 Å². The number of hydrazone groups is 1. The first-order chi connectivity index (χ1) is 10.1. The standard InChI is InChI=1S/C16H19N3O2/c1-12-7-9-16(10-8-12)14(20)19(15(21)18-16)17-11-13-5-3-2-4-6-13/h2-6,11-12H,7-10H2,1H3,(H,18,21)/b17-11-. The highest BCUT2D eigenvalue weighted by Gasteiger charge is 2.52. The Hall–Kier alpha value is -2.17. The summed E-state index contributed by atoms with van der Waals surface area (Å²) in [7, 11) is 0. The van der Waals surface area contributed by atoms with Crippen LogP contribution < -0.4 is 5.32 Å². The van der Waals surface area contributed by atoms with Crippen LogP contribution in [0.3, 0.4) is 0 Å². The molecular weight excluding hydrogens is 266 g/mol. The topological polar surface area (TPSA) is 61.8 Å². The molecular formula is C16H19N3O2. The number of imide groups is 1. The minimum Gasteiger partial charge on any atom is -0.321 e. The molecule has 1 aromatic carbocycles. The smallest absolute Gasteiger partial charge is 0.321 e. The Morgan fingerprint density at radius 3 is 2.57 bits per heavy atom. The predicted octanol–water partition coefficient (Wildman–Crippen LogP) is 2.52. The number of benzene rings is 1. The van der Waals surface area contributed by atoms with E-state index >= 15 is 0 Å². The monoisotopic (exact) mass is 285 g/mol. The maximum atomic E-state index is 12.5. The van der Waals surface area contributed by atoms with Gasteiger partial charge in [-0.05, 0) is 37.2 Å². The van der Waals surface area contributed by atoms with Crippen molar-refractivity contribution in [3.05, 3.63) is 35.9 Å². The van der Waals surface area contributed by atoms with Crippen molar-refractivity contribution in [2.45, 2.75) is 38.1 Å². The Kier molecular flexibility index (Phi) is 3.49. The number of hydrogen-bond donors (Lipinski definition) is 1. The Bertz CT molecular complexity index is 574. The summed E-state index contributed by atoms with van der Waals surface area (Å²) in [5.74, 6) is 0.397. The van der Waals surface area contributed by atoms with Gasteiger partial charge in [0, 0.05) is 0 Å². The van der Waals surface area contributed by atoms with Crippen molar-refractivity contribution in [3.8, 4) is 0 Å². The molecule has 21 heavy (non-hydrogen) atoms. The molecule has 1 spiro atoms. The second kappa shape index (κ2) is 5.31. The zero-order chi connectivity index (χ0) is 14.9. The van der Waals surface area contributed by atoms with Gasteiger partial charge in [-0.25, -0.2) is 4.79 Å². The molecule has 5 heteroatoms. The van der Waals surface area contributed by atoms with Crippen LogP contribution in [-0.4, -0.2) is 28.7 Å². The maximum absolute atomic E-state index is 12.5. The lowest BCUT2D eigenvalue weighted by atomic mass is 9.77. The van der Waals surface area contributed by atoms with Crippen LogP contribution >= 0.6 is 0 Å². The van der Waals surface area contributed by atoms with Crippen LogP contribution in [0.15, 0.2) is 35.4 Å².